The number of halogens is 3. The SMILES string of the molecule is COC(=O)C(C)(CC(C)OCCC(F)(F)F)NC1CC1. The molecule has 1 N–H and O–H groups in total. The average molecular weight is 297 g/mol. The van der Waals surface area contributed by atoms with Crippen molar-refractivity contribution in [3.05, 3.63) is 0 Å². The van der Waals surface area contributed by atoms with Gasteiger partial charge in [0.05, 0.1) is 26.2 Å². The standard InChI is InChI=1S/C13H22F3NO3/c1-9(20-7-6-13(14,15)16)8-12(2,11(18)19-3)17-10-4-5-10/h9-10,17H,4-8H2,1-3H3. The van der Waals surface area contributed by atoms with Gasteiger partial charge in [-0.25, -0.2) is 0 Å². The topological polar surface area (TPSA) is 47.6 Å². The lowest BCUT2D eigenvalue weighted by Crippen LogP contribution is -2.53. The fourth-order valence-corrected chi connectivity index (χ4v) is 2.11. The second-order valence-electron chi connectivity index (χ2n) is 5.49. The second kappa shape index (κ2) is 6.76. The number of nitrogens with one attached hydrogen (secondary N) is 1. The van der Waals surface area contributed by atoms with Crippen molar-refractivity contribution in [3.63, 3.8) is 0 Å². The first-order valence-electron chi connectivity index (χ1n) is 6.71. The predicted octanol–water partition coefficient (Wildman–Crippen LogP) is 2.42. The summed E-state index contributed by atoms with van der Waals surface area (Å²) in [4.78, 5) is 11.8. The van der Waals surface area contributed by atoms with Gasteiger partial charge >= 0.3 is 12.1 Å². The Labute approximate surface area is 117 Å². The molecular weight excluding hydrogens is 275 g/mol. The monoisotopic (exact) mass is 297 g/mol. The molecule has 0 aliphatic heterocycles. The van der Waals surface area contributed by atoms with Crippen LogP contribution in [0.25, 0.3) is 0 Å². The van der Waals surface area contributed by atoms with Gasteiger partial charge in [-0.1, -0.05) is 0 Å². The molecule has 1 aliphatic rings. The second-order valence-corrected chi connectivity index (χ2v) is 5.49. The summed E-state index contributed by atoms with van der Waals surface area (Å²) in [6.07, 6.45) is -3.41. The van der Waals surface area contributed by atoms with Crippen molar-refractivity contribution in [2.75, 3.05) is 13.7 Å². The lowest BCUT2D eigenvalue weighted by molar-refractivity contribution is -0.155. The van der Waals surface area contributed by atoms with E-state index in [0.717, 1.165) is 12.8 Å². The van der Waals surface area contributed by atoms with Crippen LogP contribution in [0, 0.1) is 0 Å². The van der Waals surface area contributed by atoms with Gasteiger partial charge in [0.1, 0.15) is 5.54 Å². The van der Waals surface area contributed by atoms with Gasteiger partial charge < -0.3 is 9.47 Å². The minimum Gasteiger partial charge on any atom is -0.468 e. The molecule has 1 fully saturated rings. The van der Waals surface area contributed by atoms with Crippen LogP contribution in [0.4, 0.5) is 13.2 Å². The zero-order chi connectivity index (χ0) is 15.4. The third-order valence-corrected chi connectivity index (χ3v) is 3.22. The summed E-state index contributed by atoms with van der Waals surface area (Å²) in [6, 6.07) is 0.279. The molecule has 0 spiro atoms. The molecule has 7 heteroatoms. The molecule has 118 valence electrons. The first-order valence-corrected chi connectivity index (χ1v) is 6.71. The van der Waals surface area contributed by atoms with E-state index in [0.29, 0.717) is 0 Å². The maximum absolute atomic E-state index is 12.0. The smallest absolute Gasteiger partial charge is 0.391 e. The molecule has 0 saturated heterocycles. The summed E-state index contributed by atoms with van der Waals surface area (Å²) in [7, 11) is 1.30. The van der Waals surface area contributed by atoms with Gasteiger partial charge in [0.15, 0.2) is 0 Å². The molecule has 2 unspecified atom stereocenters. The van der Waals surface area contributed by atoms with Crippen molar-refractivity contribution < 1.29 is 27.4 Å². The summed E-state index contributed by atoms with van der Waals surface area (Å²) in [6.45, 7) is 2.96. The van der Waals surface area contributed by atoms with Crippen LogP contribution in [0.2, 0.25) is 0 Å². The van der Waals surface area contributed by atoms with Gasteiger partial charge in [-0.2, -0.15) is 13.2 Å². The Bertz CT molecular complexity index is 331. The van der Waals surface area contributed by atoms with Crippen LogP contribution in [0.1, 0.15) is 39.5 Å². The molecule has 0 aromatic rings. The van der Waals surface area contributed by atoms with E-state index in [2.05, 4.69) is 5.32 Å². The van der Waals surface area contributed by atoms with Crippen molar-refractivity contribution in [1.29, 1.82) is 0 Å². The first-order chi connectivity index (χ1) is 9.16. The number of hydrogen-bond donors (Lipinski definition) is 1. The minimum atomic E-state index is -4.22. The number of hydrogen-bond acceptors (Lipinski definition) is 4. The molecular formula is C13H22F3NO3. The Hall–Kier alpha value is -0.820. The van der Waals surface area contributed by atoms with Crippen molar-refractivity contribution in [3.8, 4) is 0 Å². The highest BCUT2D eigenvalue weighted by Crippen LogP contribution is 2.26. The maximum Gasteiger partial charge on any atom is 0.391 e. The van der Waals surface area contributed by atoms with Crippen LogP contribution < -0.4 is 5.32 Å². The third kappa shape index (κ3) is 6.09. The van der Waals surface area contributed by atoms with Gasteiger partial charge in [0.25, 0.3) is 0 Å². The fourth-order valence-electron chi connectivity index (χ4n) is 2.11. The first kappa shape index (κ1) is 17.2. The Kier molecular flexibility index (Phi) is 5.82. The van der Waals surface area contributed by atoms with E-state index in [1.54, 1.807) is 13.8 Å². The zero-order valence-corrected chi connectivity index (χ0v) is 12.0. The highest BCUT2D eigenvalue weighted by Gasteiger charge is 2.40. The van der Waals surface area contributed by atoms with Gasteiger partial charge in [0, 0.05) is 12.5 Å². The largest absolute Gasteiger partial charge is 0.468 e. The third-order valence-electron chi connectivity index (χ3n) is 3.22. The number of carbonyl (C=O) groups excluding carboxylic acids is 1. The number of carbonyl (C=O) groups is 1. The van der Waals surface area contributed by atoms with Crippen molar-refractivity contribution in [1.82, 2.24) is 5.32 Å². The van der Waals surface area contributed by atoms with Gasteiger partial charge in [-0.15, -0.1) is 0 Å². The molecule has 0 heterocycles. The molecule has 0 amide bonds. The molecule has 1 aliphatic carbocycles. The quantitative estimate of drug-likeness (QED) is 0.699. The Morgan fingerprint density at radius 3 is 2.45 bits per heavy atom. The van der Waals surface area contributed by atoms with E-state index in [9.17, 15) is 18.0 Å². The van der Waals surface area contributed by atoms with Gasteiger partial charge in [0.2, 0.25) is 0 Å². The van der Waals surface area contributed by atoms with Crippen LogP contribution in [0.5, 0.6) is 0 Å². The van der Waals surface area contributed by atoms with E-state index >= 15 is 0 Å². The number of alkyl halides is 3. The van der Waals surface area contributed by atoms with E-state index < -0.39 is 36.8 Å². The van der Waals surface area contributed by atoms with E-state index in [4.69, 9.17) is 9.47 Å². The number of esters is 1. The van der Waals surface area contributed by atoms with Crippen LogP contribution in [0.3, 0.4) is 0 Å². The highest BCUT2D eigenvalue weighted by molar-refractivity contribution is 5.80. The number of rotatable bonds is 8. The molecule has 1 saturated carbocycles. The van der Waals surface area contributed by atoms with Crippen LogP contribution in [0.15, 0.2) is 0 Å². The van der Waals surface area contributed by atoms with Gasteiger partial charge in [-0.05, 0) is 26.7 Å². The summed E-state index contributed by atoms with van der Waals surface area (Å²) >= 11 is 0. The molecule has 0 aromatic carbocycles. The van der Waals surface area contributed by atoms with Crippen LogP contribution in [-0.2, 0) is 14.3 Å². The molecule has 0 bridgehead atoms. The highest BCUT2D eigenvalue weighted by atomic mass is 19.4. The normalized spacial score (nSPS) is 20.3. The summed E-state index contributed by atoms with van der Waals surface area (Å²) in [5.41, 5.74) is -0.923. The average Bonchev–Trinajstić information content (AvgIpc) is 3.09. The Morgan fingerprint density at radius 2 is 2.00 bits per heavy atom. The lowest BCUT2D eigenvalue weighted by Gasteiger charge is -2.30. The van der Waals surface area contributed by atoms with Crippen LogP contribution in [-0.4, -0.2) is 43.5 Å². The molecule has 0 radical (unpaired) electrons. The van der Waals surface area contributed by atoms with E-state index in [1.165, 1.54) is 7.11 Å². The molecule has 20 heavy (non-hydrogen) atoms. The predicted molar refractivity (Wildman–Crippen MR) is 67.3 cm³/mol. The van der Waals surface area contributed by atoms with Crippen molar-refractivity contribution in [2.45, 2.75) is 63.4 Å². The van der Waals surface area contributed by atoms with E-state index in [1.807, 2.05) is 0 Å². The maximum atomic E-state index is 12.0. The number of ether oxygens (including phenoxy) is 2. The van der Waals surface area contributed by atoms with Crippen LogP contribution >= 0.6 is 0 Å². The van der Waals surface area contributed by atoms with Crippen molar-refractivity contribution >= 4 is 5.97 Å². The number of methoxy groups -OCH3 is 1. The van der Waals surface area contributed by atoms with Gasteiger partial charge in [-0.3, -0.25) is 10.1 Å². The summed E-state index contributed by atoms with van der Waals surface area (Å²) < 4.78 is 46.0. The summed E-state index contributed by atoms with van der Waals surface area (Å²) in [5, 5.41) is 3.18. The Morgan fingerprint density at radius 1 is 1.40 bits per heavy atom. The Balaban J connectivity index is 2.45. The fraction of sp³-hybridized carbons (Fsp3) is 0.923. The molecule has 1 rings (SSSR count). The molecule has 0 aromatic heterocycles. The molecule has 2 atom stereocenters. The van der Waals surface area contributed by atoms with Crippen molar-refractivity contribution in [2.24, 2.45) is 0 Å². The molecule has 4 nitrogen and oxygen atoms in total. The minimum absolute atomic E-state index is 0.272. The van der Waals surface area contributed by atoms with E-state index in [-0.39, 0.29) is 12.5 Å². The zero-order valence-electron chi connectivity index (χ0n) is 12.0. The summed E-state index contributed by atoms with van der Waals surface area (Å²) in [5.74, 6) is -0.421. The lowest BCUT2D eigenvalue weighted by atomic mass is 9.94.